The van der Waals surface area contributed by atoms with Gasteiger partial charge in [0.15, 0.2) is 0 Å². The molecular formula is C30H21N7O. The highest BCUT2D eigenvalue weighted by Crippen LogP contribution is 2.34. The van der Waals surface area contributed by atoms with Crippen LogP contribution in [0.5, 0.6) is 5.75 Å². The zero-order chi connectivity index (χ0) is 25.3. The van der Waals surface area contributed by atoms with Gasteiger partial charge in [-0.15, -0.1) is 0 Å². The van der Waals surface area contributed by atoms with E-state index >= 15 is 0 Å². The zero-order valence-electron chi connectivity index (χ0n) is 20.2. The lowest BCUT2D eigenvalue weighted by molar-refractivity contribution is 0.305. The molecule has 0 unspecified atom stereocenters. The number of nitrogens with zero attached hydrogens (tertiary/aromatic N) is 5. The van der Waals surface area contributed by atoms with Gasteiger partial charge in [-0.2, -0.15) is 5.10 Å². The Morgan fingerprint density at radius 2 is 1.61 bits per heavy atom. The number of hydrogen-bond donors (Lipinski definition) is 2. The largest absolute Gasteiger partial charge is 0.487 e. The summed E-state index contributed by atoms with van der Waals surface area (Å²) in [6.45, 7) is 0.473. The van der Waals surface area contributed by atoms with E-state index in [1.54, 1.807) is 24.8 Å². The highest BCUT2D eigenvalue weighted by atomic mass is 16.5. The molecule has 7 aromatic rings. The summed E-state index contributed by atoms with van der Waals surface area (Å²) in [6, 6.07) is 20.1. The summed E-state index contributed by atoms with van der Waals surface area (Å²) in [5.41, 5.74) is 8.24. The third-order valence-corrected chi connectivity index (χ3v) is 6.48. The quantitative estimate of drug-likeness (QED) is 0.284. The molecule has 0 atom stereocenters. The summed E-state index contributed by atoms with van der Waals surface area (Å²) in [7, 11) is 0. The number of benzene rings is 1. The number of hydrogen-bond acceptors (Lipinski definition) is 6. The first kappa shape index (κ1) is 21.9. The van der Waals surface area contributed by atoms with E-state index < -0.39 is 0 Å². The molecule has 0 radical (unpaired) electrons. The van der Waals surface area contributed by atoms with Crippen molar-refractivity contribution >= 4 is 21.8 Å². The molecule has 0 amide bonds. The maximum Gasteiger partial charge on any atom is 0.138 e. The molecule has 7 rings (SSSR count). The molecule has 0 aliphatic carbocycles. The van der Waals surface area contributed by atoms with Crippen molar-refractivity contribution in [2.45, 2.75) is 6.61 Å². The number of fused-ring (bicyclic) bond motifs is 2. The normalized spacial score (nSPS) is 11.3. The van der Waals surface area contributed by atoms with Crippen molar-refractivity contribution in [2.24, 2.45) is 0 Å². The Bertz CT molecular complexity index is 1880. The fourth-order valence-corrected chi connectivity index (χ4v) is 4.59. The second kappa shape index (κ2) is 9.25. The molecule has 0 spiro atoms. The first-order chi connectivity index (χ1) is 18.8. The molecule has 2 N–H and O–H groups in total. The van der Waals surface area contributed by atoms with E-state index in [0.717, 1.165) is 61.1 Å². The minimum absolute atomic E-state index is 0.473. The topological polar surface area (TPSA) is 105 Å². The lowest BCUT2D eigenvalue weighted by Gasteiger charge is -2.08. The van der Waals surface area contributed by atoms with Crippen LogP contribution in [0.15, 0.2) is 104 Å². The van der Waals surface area contributed by atoms with Crippen molar-refractivity contribution in [1.29, 1.82) is 0 Å². The minimum Gasteiger partial charge on any atom is -0.487 e. The molecule has 6 aromatic heterocycles. The Balaban J connectivity index is 1.24. The van der Waals surface area contributed by atoms with Crippen LogP contribution in [0.25, 0.3) is 55.6 Å². The standard InChI is InChI=1S/C30H21N7O/c1-2-5-19(6-3-1)18-38-22-9-21(13-32-14-22)26-11-24-29(17-34-26)36-37-30(24)27-10-23-25(15-33-16-28(23)35-27)20-7-4-8-31-12-20/h1-17,35H,18H2,(H,36,37). The van der Waals surface area contributed by atoms with Gasteiger partial charge in [0, 0.05) is 52.3 Å². The van der Waals surface area contributed by atoms with Gasteiger partial charge >= 0.3 is 0 Å². The molecule has 0 aliphatic rings. The average molecular weight is 496 g/mol. The van der Waals surface area contributed by atoms with Gasteiger partial charge in [-0.05, 0) is 29.8 Å². The van der Waals surface area contributed by atoms with Crippen molar-refractivity contribution in [3.63, 3.8) is 0 Å². The lowest BCUT2D eigenvalue weighted by atomic mass is 10.1. The van der Waals surface area contributed by atoms with Crippen LogP contribution < -0.4 is 4.74 Å². The molecule has 1 aromatic carbocycles. The fraction of sp³-hybridized carbons (Fsp3) is 0.0333. The molecule has 0 saturated heterocycles. The van der Waals surface area contributed by atoms with Crippen LogP contribution in [0.3, 0.4) is 0 Å². The molecule has 0 fully saturated rings. The van der Waals surface area contributed by atoms with Crippen molar-refractivity contribution in [3.05, 3.63) is 110 Å². The smallest absolute Gasteiger partial charge is 0.138 e. The first-order valence-corrected chi connectivity index (χ1v) is 12.2. The van der Waals surface area contributed by atoms with Crippen molar-refractivity contribution in [3.8, 4) is 39.5 Å². The van der Waals surface area contributed by atoms with E-state index in [-0.39, 0.29) is 0 Å². The fourth-order valence-electron chi connectivity index (χ4n) is 4.59. The summed E-state index contributed by atoms with van der Waals surface area (Å²) in [5.74, 6) is 0.687. The Labute approximate surface area is 217 Å². The van der Waals surface area contributed by atoms with E-state index in [1.807, 2.05) is 73.2 Å². The number of H-pyrrole nitrogens is 2. The van der Waals surface area contributed by atoms with E-state index in [0.29, 0.717) is 12.4 Å². The summed E-state index contributed by atoms with van der Waals surface area (Å²) in [5, 5.41) is 9.72. The van der Waals surface area contributed by atoms with Crippen molar-refractivity contribution < 1.29 is 4.74 Å². The molecule has 0 aliphatic heterocycles. The number of ether oxygens (including phenoxy) is 1. The zero-order valence-corrected chi connectivity index (χ0v) is 20.2. The van der Waals surface area contributed by atoms with Gasteiger partial charge in [0.05, 0.1) is 41.0 Å². The second-order valence-electron chi connectivity index (χ2n) is 8.94. The lowest BCUT2D eigenvalue weighted by Crippen LogP contribution is -1.96. The number of nitrogens with one attached hydrogen (secondary N) is 2. The molecule has 0 saturated carbocycles. The number of aromatic nitrogens is 7. The van der Waals surface area contributed by atoms with Gasteiger partial charge in [0.25, 0.3) is 0 Å². The monoisotopic (exact) mass is 495 g/mol. The van der Waals surface area contributed by atoms with E-state index in [1.165, 1.54) is 0 Å². The highest BCUT2D eigenvalue weighted by molar-refractivity contribution is 6.00. The van der Waals surface area contributed by atoms with Gasteiger partial charge in [0.1, 0.15) is 18.1 Å². The summed E-state index contributed by atoms with van der Waals surface area (Å²) in [6.07, 6.45) is 12.6. The van der Waals surface area contributed by atoms with Crippen molar-refractivity contribution in [2.75, 3.05) is 0 Å². The molecule has 8 heteroatoms. The number of pyridine rings is 4. The Hall–Kier alpha value is -5.37. The molecule has 182 valence electrons. The Morgan fingerprint density at radius 3 is 2.50 bits per heavy atom. The van der Waals surface area contributed by atoms with Crippen LogP contribution in [0.1, 0.15) is 5.56 Å². The summed E-state index contributed by atoms with van der Waals surface area (Å²) in [4.78, 5) is 21.2. The van der Waals surface area contributed by atoms with Crippen LogP contribution in [-0.2, 0) is 6.61 Å². The predicted octanol–water partition coefficient (Wildman–Crippen LogP) is 6.20. The molecule has 0 bridgehead atoms. The van der Waals surface area contributed by atoms with Crippen LogP contribution in [-0.4, -0.2) is 35.1 Å². The van der Waals surface area contributed by atoms with Crippen molar-refractivity contribution in [1.82, 2.24) is 35.1 Å². The van der Waals surface area contributed by atoms with Crippen LogP contribution in [0.2, 0.25) is 0 Å². The summed E-state index contributed by atoms with van der Waals surface area (Å²) < 4.78 is 5.98. The number of rotatable bonds is 6. The predicted molar refractivity (Wildman–Crippen MR) is 146 cm³/mol. The van der Waals surface area contributed by atoms with Gasteiger partial charge in [-0.3, -0.25) is 25.0 Å². The molecule has 38 heavy (non-hydrogen) atoms. The Kier molecular flexibility index (Phi) is 5.33. The van der Waals surface area contributed by atoms with Gasteiger partial charge in [-0.1, -0.05) is 36.4 Å². The van der Waals surface area contributed by atoms with Crippen LogP contribution >= 0.6 is 0 Å². The first-order valence-electron chi connectivity index (χ1n) is 12.2. The Morgan fingerprint density at radius 1 is 0.711 bits per heavy atom. The van der Waals surface area contributed by atoms with E-state index in [4.69, 9.17) is 4.74 Å². The molecule has 6 heterocycles. The van der Waals surface area contributed by atoms with Gasteiger partial charge in [-0.25, -0.2) is 0 Å². The maximum atomic E-state index is 5.98. The maximum absolute atomic E-state index is 5.98. The van der Waals surface area contributed by atoms with Crippen LogP contribution in [0, 0.1) is 0 Å². The third kappa shape index (κ3) is 4.04. The minimum atomic E-state index is 0.473. The second-order valence-corrected chi connectivity index (χ2v) is 8.94. The SMILES string of the molecule is c1ccc(COc2cncc(-c3cc4c(-c5cc6c(-c7cccnc7)cncc6[nH]5)n[nH]c4cn3)c2)cc1. The molecular weight excluding hydrogens is 474 g/mol. The number of aromatic amines is 2. The van der Waals surface area contributed by atoms with Crippen LogP contribution in [0.4, 0.5) is 0 Å². The van der Waals surface area contributed by atoms with E-state index in [9.17, 15) is 0 Å². The van der Waals surface area contributed by atoms with Gasteiger partial charge in [0.2, 0.25) is 0 Å². The van der Waals surface area contributed by atoms with E-state index in [2.05, 4.69) is 41.2 Å². The third-order valence-electron chi connectivity index (χ3n) is 6.48. The molecule has 8 nitrogen and oxygen atoms in total. The average Bonchev–Trinajstić information content (AvgIpc) is 3.61. The highest BCUT2D eigenvalue weighted by Gasteiger charge is 2.15. The van der Waals surface area contributed by atoms with Gasteiger partial charge < -0.3 is 9.72 Å². The summed E-state index contributed by atoms with van der Waals surface area (Å²) >= 11 is 0.